The van der Waals surface area contributed by atoms with Crippen molar-refractivity contribution in [1.82, 2.24) is 0 Å². The summed E-state index contributed by atoms with van der Waals surface area (Å²) in [6, 6.07) is 7.59. The Morgan fingerprint density at radius 1 is 1.23 bits per heavy atom. The van der Waals surface area contributed by atoms with Crippen molar-refractivity contribution in [3.8, 4) is 0 Å². The fourth-order valence-electron chi connectivity index (χ4n) is 1.74. The Bertz CT molecular complexity index is 804. The number of sulfone groups is 1. The number of hydrogen-bond donors (Lipinski definition) is 2. The van der Waals surface area contributed by atoms with Crippen LogP contribution in [0.4, 0.5) is 10.1 Å². The molecule has 0 atom stereocenters. The Morgan fingerprint density at radius 3 is 2.41 bits per heavy atom. The maximum atomic E-state index is 12.8. The molecule has 1 aromatic heterocycles. The van der Waals surface area contributed by atoms with Gasteiger partial charge in [-0.1, -0.05) is 6.92 Å². The largest absolute Gasteiger partial charge is 0.347 e. The van der Waals surface area contributed by atoms with Gasteiger partial charge in [-0.3, -0.25) is 10.0 Å². The molecule has 0 fully saturated rings. The molecule has 0 saturated heterocycles. The van der Waals surface area contributed by atoms with Gasteiger partial charge in [0, 0.05) is 16.5 Å². The SMILES string of the molecule is CCS(=O)(=O)c1ccc(C(=O)Nc2ccc(F)cc2)c[n+]1O. The van der Waals surface area contributed by atoms with E-state index in [-0.39, 0.29) is 16.3 Å². The van der Waals surface area contributed by atoms with E-state index in [0.717, 1.165) is 12.3 Å². The maximum Gasteiger partial charge on any atom is 0.347 e. The van der Waals surface area contributed by atoms with Gasteiger partial charge in [0.05, 0.1) is 5.75 Å². The lowest BCUT2D eigenvalue weighted by molar-refractivity contribution is -0.933. The third-order valence-corrected chi connectivity index (χ3v) is 4.68. The van der Waals surface area contributed by atoms with Crippen molar-refractivity contribution < 1.29 is 27.5 Å². The zero-order valence-electron chi connectivity index (χ0n) is 11.7. The molecule has 0 bridgehead atoms. The number of pyridine rings is 1. The number of benzene rings is 1. The number of aromatic nitrogens is 1. The van der Waals surface area contributed by atoms with Crippen LogP contribution in [-0.4, -0.2) is 25.3 Å². The van der Waals surface area contributed by atoms with Crippen LogP contribution in [0.5, 0.6) is 0 Å². The van der Waals surface area contributed by atoms with E-state index in [0.29, 0.717) is 10.4 Å². The number of carbonyl (C=O) groups excluding carboxylic acids is 1. The minimum Gasteiger partial charge on any atom is -0.322 e. The van der Waals surface area contributed by atoms with E-state index in [1.165, 1.54) is 37.3 Å². The van der Waals surface area contributed by atoms with Crippen molar-refractivity contribution in [2.75, 3.05) is 11.1 Å². The Balaban J connectivity index is 2.24. The molecule has 0 aliphatic heterocycles. The van der Waals surface area contributed by atoms with Gasteiger partial charge in [0.2, 0.25) is 16.0 Å². The highest BCUT2D eigenvalue weighted by Gasteiger charge is 2.26. The van der Waals surface area contributed by atoms with Crippen LogP contribution in [0.2, 0.25) is 0 Å². The minimum absolute atomic E-state index is 0.0573. The van der Waals surface area contributed by atoms with Gasteiger partial charge in [-0.15, -0.1) is 0 Å². The molecule has 1 amide bonds. The summed E-state index contributed by atoms with van der Waals surface area (Å²) in [6.45, 7) is 1.45. The van der Waals surface area contributed by atoms with Gasteiger partial charge in [-0.2, -0.15) is 0 Å². The normalized spacial score (nSPS) is 11.2. The molecular weight excluding hydrogens is 311 g/mol. The van der Waals surface area contributed by atoms with E-state index in [2.05, 4.69) is 5.32 Å². The van der Waals surface area contributed by atoms with Crippen LogP contribution in [0.25, 0.3) is 0 Å². The van der Waals surface area contributed by atoms with Gasteiger partial charge in [0.25, 0.3) is 5.91 Å². The second-order valence-electron chi connectivity index (χ2n) is 4.47. The average Bonchev–Trinajstić information content (AvgIpc) is 2.49. The van der Waals surface area contributed by atoms with Crippen LogP contribution in [0, 0.1) is 5.82 Å². The second-order valence-corrected chi connectivity index (χ2v) is 6.69. The zero-order valence-corrected chi connectivity index (χ0v) is 12.5. The highest BCUT2D eigenvalue weighted by Crippen LogP contribution is 2.11. The molecule has 0 unspecified atom stereocenters. The van der Waals surface area contributed by atoms with E-state index in [1.807, 2.05) is 0 Å². The topological polar surface area (TPSA) is 87.4 Å². The predicted octanol–water partition coefficient (Wildman–Crippen LogP) is 1.40. The molecule has 1 heterocycles. The van der Waals surface area contributed by atoms with Gasteiger partial charge in [-0.25, -0.2) is 12.8 Å². The lowest BCUT2D eigenvalue weighted by atomic mass is 10.2. The van der Waals surface area contributed by atoms with Crippen LogP contribution in [-0.2, 0) is 9.84 Å². The van der Waals surface area contributed by atoms with Gasteiger partial charge < -0.3 is 5.32 Å². The molecule has 6 nitrogen and oxygen atoms in total. The van der Waals surface area contributed by atoms with E-state index in [9.17, 15) is 22.8 Å². The first-order valence-electron chi connectivity index (χ1n) is 6.38. The van der Waals surface area contributed by atoms with E-state index < -0.39 is 21.6 Å². The van der Waals surface area contributed by atoms with Crippen molar-refractivity contribution >= 4 is 21.4 Å². The number of hydrogen-bond acceptors (Lipinski definition) is 4. The first-order chi connectivity index (χ1) is 10.3. The summed E-state index contributed by atoms with van der Waals surface area (Å²) in [5, 5.41) is 11.9. The number of rotatable bonds is 4. The van der Waals surface area contributed by atoms with Crippen molar-refractivity contribution in [3.63, 3.8) is 0 Å². The summed E-state index contributed by atoms with van der Waals surface area (Å²) in [4.78, 5) is 12.0. The molecule has 2 aromatic rings. The quantitative estimate of drug-likeness (QED) is 0.657. The monoisotopic (exact) mass is 325 g/mol. The fourth-order valence-corrected chi connectivity index (χ4v) is 2.65. The predicted molar refractivity (Wildman–Crippen MR) is 75.9 cm³/mol. The maximum absolute atomic E-state index is 12.8. The number of anilines is 1. The summed E-state index contributed by atoms with van der Waals surface area (Å²) >= 11 is 0. The van der Waals surface area contributed by atoms with Gasteiger partial charge >= 0.3 is 5.03 Å². The van der Waals surface area contributed by atoms with Crippen LogP contribution < -0.4 is 10.0 Å². The Kier molecular flexibility index (Phi) is 4.41. The molecule has 8 heteroatoms. The lowest BCUT2D eigenvalue weighted by Gasteiger charge is -2.04. The number of nitrogens with one attached hydrogen (secondary N) is 1. The molecule has 2 N–H and O–H groups in total. The van der Waals surface area contributed by atoms with Crippen molar-refractivity contribution in [2.45, 2.75) is 11.9 Å². The van der Waals surface area contributed by atoms with Crippen LogP contribution >= 0.6 is 0 Å². The van der Waals surface area contributed by atoms with Gasteiger partial charge in [0.15, 0.2) is 0 Å². The first kappa shape index (κ1) is 15.9. The average molecular weight is 325 g/mol. The molecule has 0 saturated carbocycles. The first-order valence-corrected chi connectivity index (χ1v) is 8.03. The van der Waals surface area contributed by atoms with Crippen molar-refractivity contribution in [2.24, 2.45) is 0 Å². The Hall–Kier alpha value is -2.48. The lowest BCUT2D eigenvalue weighted by Crippen LogP contribution is -2.38. The van der Waals surface area contributed by atoms with E-state index in [4.69, 9.17) is 0 Å². The molecular formula is C14H14FN2O4S+. The third-order valence-electron chi connectivity index (χ3n) is 2.96. The summed E-state index contributed by atoms with van der Waals surface area (Å²) in [5.74, 6) is -1.16. The Labute approximate surface area is 126 Å². The summed E-state index contributed by atoms with van der Waals surface area (Å²) in [5.41, 5.74) is 0.433. The highest BCUT2D eigenvalue weighted by molar-refractivity contribution is 7.91. The number of halogens is 1. The van der Waals surface area contributed by atoms with Crippen molar-refractivity contribution in [3.05, 3.63) is 54.0 Å². The molecule has 1 aromatic carbocycles. The molecule has 0 aliphatic carbocycles. The molecule has 0 aliphatic rings. The van der Waals surface area contributed by atoms with E-state index in [1.54, 1.807) is 0 Å². The van der Waals surface area contributed by atoms with E-state index >= 15 is 0 Å². The van der Waals surface area contributed by atoms with Gasteiger partial charge in [-0.05, 0) is 30.3 Å². The molecule has 0 radical (unpaired) electrons. The number of amides is 1. The molecule has 2 rings (SSSR count). The van der Waals surface area contributed by atoms with Crippen LogP contribution in [0.1, 0.15) is 17.3 Å². The van der Waals surface area contributed by atoms with Crippen LogP contribution in [0.3, 0.4) is 0 Å². The summed E-state index contributed by atoms with van der Waals surface area (Å²) < 4.78 is 36.6. The van der Waals surface area contributed by atoms with Gasteiger partial charge in [0.1, 0.15) is 11.4 Å². The standard InChI is InChI=1S/C14H13FN2O4S/c1-2-22(20,21)13-8-3-10(9-17(13)19)14(18)16-12-6-4-11(15)5-7-12/h3-9H,2H2,1H3,(H-,16,18,19)/p+1. The Morgan fingerprint density at radius 2 is 1.86 bits per heavy atom. The summed E-state index contributed by atoms with van der Waals surface area (Å²) in [6.07, 6.45) is 1.00. The number of nitrogens with zero attached hydrogens (tertiary/aromatic N) is 1. The summed E-state index contributed by atoms with van der Waals surface area (Å²) in [7, 11) is -3.60. The third kappa shape index (κ3) is 3.40. The second kappa shape index (κ2) is 6.10. The highest BCUT2D eigenvalue weighted by atomic mass is 32.2. The molecule has 116 valence electrons. The number of carbonyl (C=O) groups is 1. The van der Waals surface area contributed by atoms with Crippen LogP contribution in [0.15, 0.2) is 47.6 Å². The molecule has 0 spiro atoms. The minimum atomic E-state index is -3.60. The molecule has 22 heavy (non-hydrogen) atoms. The van der Waals surface area contributed by atoms with Crippen molar-refractivity contribution in [1.29, 1.82) is 0 Å². The smallest absolute Gasteiger partial charge is 0.322 e. The zero-order chi connectivity index (χ0) is 16.3. The fraction of sp³-hybridized carbons (Fsp3) is 0.143.